The van der Waals surface area contributed by atoms with Crippen LogP contribution < -0.4 is 10.6 Å². The molecule has 0 atom stereocenters. The highest BCUT2D eigenvalue weighted by Crippen LogP contribution is 2.17. The van der Waals surface area contributed by atoms with Gasteiger partial charge in [0.05, 0.1) is 13.1 Å². The van der Waals surface area contributed by atoms with Crippen LogP contribution in [0.2, 0.25) is 0 Å². The second kappa shape index (κ2) is 8.62. The van der Waals surface area contributed by atoms with Gasteiger partial charge in [0.25, 0.3) is 0 Å². The molecule has 0 spiro atoms. The Labute approximate surface area is 136 Å². The minimum absolute atomic E-state index is 0.0574. The number of hydrogen-bond acceptors (Lipinski definition) is 3. The second-order valence-corrected chi connectivity index (χ2v) is 6.13. The van der Waals surface area contributed by atoms with E-state index in [1.165, 1.54) is 24.6 Å². The molecule has 2 N–H and O–H groups in total. The van der Waals surface area contributed by atoms with Crippen LogP contribution in [0, 0.1) is 5.82 Å². The lowest BCUT2D eigenvalue weighted by Crippen LogP contribution is -2.43. The van der Waals surface area contributed by atoms with Crippen LogP contribution in [0.25, 0.3) is 0 Å². The normalized spacial score (nSPS) is 15.4. The van der Waals surface area contributed by atoms with E-state index in [4.69, 9.17) is 0 Å². The highest BCUT2D eigenvalue weighted by Gasteiger charge is 2.17. The summed E-state index contributed by atoms with van der Waals surface area (Å²) in [5, 5.41) is 5.63. The van der Waals surface area contributed by atoms with Gasteiger partial charge in [0, 0.05) is 11.7 Å². The van der Waals surface area contributed by atoms with Crippen molar-refractivity contribution in [2.24, 2.45) is 0 Å². The third kappa shape index (κ3) is 6.36. The molecule has 0 saturated heterocycles. The molecule has 0 bridgehead atoms. The molecule has 5 nitrogen and oxygen atoms in total. The van der Waals surface area contributed by atoms with Crippen LogP contribution in [0.5, 0.6) is 0 Å². The van der Waals surface area contributed by atoms with Crippen molar-refractivity contribution in [3.63, 3.8) is 0 Å². The van der Waals surface area contributed by atoms with Crippen molar-refractivity contribution in [3.05, 3.63) is 30.1 Å². The Morgan fingerprint density at radius 2 is 1.87 bits per heavy atom. The van der Waals surface area contributed by atoms with E-state index in [1.54, 1.807) is 18.0 Å². The predicted octanol–water partition coefficient (Wildman–Crippen LogP) is 2.14. The molecule has 1 aliphatic carbocycles. The fraction of sp³-hybridized carbons (Fsp3) is 0.529. The van der Waals surface area contributed by atoms with Gasteiger partial charge >= 0.3 is 0 Å². The standard InChI is InChI=1S/C17H24FN3O2/c1-21(11-16(22)19-14-7-3-2-4-8-14)12-17(23)20-15-9-5-6-13(18)10-15/h5-6,9-10,14H,2-4,7-8,11-12H2,1H3,(H,19,22)(H,20,23). The summed E-state index contributed by atoms with van der Waals surface area (Å²) in [5.41, 5.74) is 0.412. The van der Waals surface area contributed by atoms with Crippen molar-refractivity contribution in [2.45, 2.75) is 38.1 Å². The Kier molecular flexibility index (Phi) is 6.52. The summed E-state index contributed by atoms with van der Waals surface area (Å²) in [6.07, 6.45) is 5.64. The lowest BCUT2D eigenvalue weighted by Gasteiger charge is -2.24. The van der Waals surface area contributed by atoms with Crippen molar-refractivity contribution in [2.75, 3.05) is 25.5 Å². The number of rotatable bonds is 6. The van der Waals surface area contributed by atoms with Crippen molar-refractivity contribution in [3.8, 4) is 0 Å². The van der Waals surface area contributed by atoms with Gasteiger partial charge in [0.15, 0.2) is 0 Å². The van der Waals surface area contributed by atoms with E-state index in [1.807, 2.05) is 0 Å². The van der Waals surface area contributed by atoms with Crippen molar-refractivity contribution in [1.29, 1.82) is 0 Å². The highest BCUT2D eigenvalue weighted by molar-refractivity contribution is 5.92. The van der Waals surface area contributed by atoms with Crippen LogP contribution in [0.15, 0.2) is 24.3 Å². The maximum absolute atomic E-state index is 13.1. The lowest BCUT2D eigenvalue weighted by atomic mass is 9.95. The fourth-order valence-corrected chi connectivity index (χ4v) is 2.83. The summed E-state index contributed by atoms with van der Waals surface area (Å²) < 4.78 is 13.1. The van der Waals surface area contributed by atoms with Gasteiger partial charge in [-0.25, -0.2) is 4.39 Å². The lowest BCUT2D eigenvalue weighted by molar-refractivity contribution is -0.123. The van der Waals surface area contributed by atoms with E-state index < -0.39 is 5.82 Å². The molecular weight excluding hydrogens is 297 g/mol. The number of anilines is 1. The summed E-state index contributed by atoms with van der Waals surface area (Å²) in [4.78, 5) is 25.5. The summed E-state index contributed by atoms with van der Waals surface area (Å²) >= 11 is 0. The molecule has 0 aliphatic heterocycles. The van der Waals surface area contributed by atoms with Crippen LogP contribution in [-0.2, 0) is 9.59 Å². The van der Waals surface area contributed by atoms with Gasteiger partial charge in [-0.15, -0.1) is 0 Å². The Balaban J connectivity index is 1.71. The maximum atomic E-state index is 13.1. The van der Waals surface area contributed by atoms with E-state index in [2.05, 4.69) is 10.6 Å². The van der Waals surface area contributed by atoms with E-state index in [-0.39, 0.29) is 30.9 Å². The van der Waals surface area contributed by atoms with Crippen molar-refractivity contribution < 1.29 is 14.0 Å². The molecule has 0 aromatic heterocycles. The number of nitrogens with zero attached hydrogens (tertiary/aromatic N) is 1. The molecule has 1 aliphatic rings. The average molecular weight is 321 g/mol. The van der Waals surface area contributed by atoms with E-state index in [0.717, 1.165) is 25.7 Å². The molecule has 1 saturated carbocycles. The molecule has 1 aromatic carbocycles. The number of likely N-dealkylation sites (N-methyl/N-ethyl adjacent to an activating group) is 1. The topological polar surface area (TPSA) is 61.4 Å². The number of halogens is 1. The molecule has 0 radical (unpaired) electrons. The second-order valence-electron chi connectivity index (χ2n) is 6.13. The van der Waals surface area contributed by atoms with Crippen LogP contribution in [-0.4, -0.2) is 42.9 Å². The number of amides is 2. The number of nitrogens with one attached hydrogen (secondary N) is 2. The van der Waals surface area contributed by atoms with Gasteiger partial charge in [0.1, 0.15) is 5.82 Å². The number of carbonyl (C=O) groups excluding carboxylic acids is 2. The Hall–Kier alpha value is -1.95. The zero-order valence-corrected chi connectivity index (χ0v) is 13.5. The molecule has 2 rings (SSSR count). The van der Waals surface area contributed by atoms with Crippen molar-refractivity contribution >= 4 is 17.5 Å². The SMILES string of the molecule is CN(CC(=O)Nc1cccc(F)c1)CC(=O)NC1CCCCC1. The van der Waals surface area contributed by atoms with Gasteiger partial charge < -0.3 is 10.6 Å². The zero-order chi connectivity index (χ0) is 16.7. The first kappa shape index (κ1) is 17.4. The molecule has 0 unspecified atom stereocenters. The first-order valence-corrected chi connectivity index (χ1v) is 8.06. The quantitative estimate of drug-likeness (QED) is 0.844. The minimum atomic E-state index is -0.400. The van der Waals surface area contributed by atoms with Gasteiger partial charge in [-0.05, 0) is 38.1 Å². The molecule has 2 amide bonds. The fourth-order valence-electron chi connectivity index (χ4n) is 2.83. The number of benzene rings is 1. The molecule has 23 heavy (non-hydrogen) atoms. The molecule has 6 heteroatoms. The van der Waals surface area contributed by atoms with Gasteiger partial charge in [-0.3, -0.25) is 14.5 Å². The first-order chi connectivity index (χ1) is 11.0. The maximum Gasteiger partial charge on any atom is 0.238 e. The number of hydrogen-bond donors (Lipinski definition) is 2. The number of carbonyl (C=O) groups is 2. The summed E-state index contributed by atoms with van der Waals surface area (Å²) in [7, 11) is 1.71. The van der Waals surface area contributed by atoms with E-state index >= 15 is 0 Å². The van der Waals surface area contributed by atoms with Crippen LogP contribution in [0.3, 0.4) is 0 Å². The van der Waals surface area contributed by atoms with Crippen LogP contribution in [0.1, 0.15) is 32.1 Å². The molecule has 126 valence electrons. The predicted molar refractivity (Wildman–Crippen MR) is 87.5 cm³/mol. The molecular formula is C17H24FN3O2. The molecule has 0 heterocycles. The van der Waals surface area contributed by atoms with E-state index in [9.17, 15) is 14.0 Å². The van der Waals surface area contributed by atoms with Gasteiger partial charge in [0.2, 0.25) is 11.8 Å². The van der Waals surface area contributed by atoms with Gasteiger partial charge in [-0.2, -0.15) is 0 Å². The summed E-state index contributed by atoms with van der Waals surface area (Å²) in [6, 6.07) is 6.00. The third-order valence-electron chi connectivity index (χ3n) is 3.91. The van der Waals surface area contributed by atoms with Gasteiger partial charge in [-0.1, -0.05) is 25.3 Å². The Bertz CT molecular complexity index is 544. The molecule has 1 aromatic rings. The minimum Gasteiger partial charge on any atom is -0.352 e. The van der Waals surface area contributed by atoms with Crippen molar-refractivity contribution in [1.82, 2.24) is 10.2 Å². The summed E-state index contributed by atoms with van der Waals surface area (Å²) in [5.74, 6) is -0.732. The highest BCUT2D eigenvalue weighted by atomic mass is 19.1. The Morgan fingerprint density at radius 1 is 1.17 bits per heavy atom. The van der Waals surface area contributed by atoms with Crippen LogP contribution >= 0.6 is 0 Å². The average Bonchev–Trinajstić information content (AvgIpc) is 2.47. The zero-order valence-electron chi connectivity index (χ0n) is 13.5. The smallest absolute Gasteiger partial charge is 0.238 e. The van der Waals surface area contributed by atoms with E-state index in [0.29, 0.717) is 5.69 Å². The Morgan fingerprint density at radius 3 is 2.57 bits per heavy atom. The third-order valence-corrected chi connectivity index (χ3v) is 3.91. The monoisotopic (exact) mass is 321 g/mol. The van der Waals surface area contributed by atoms with Crippen LogP contribution in [0.4, 0.5) is 10.1 Å². The first-order valence-electron chi connectivity index (χ1n) is 8.06. The molecule has 1 fully saturated rings. The summed E-state index contributed by atoms with van der Waals surface area (Å²) in [6.45, 7) is 0.252. The largest absolute Gasteiger partial charge is 0.352 e.